The largest absolute Gasteiger partial charge is 0.369 e. The Bertz CT molecular complexity index is 437. The van der Waals surface area contributed by atoms with Crippen molar-refractivity contribution in [2.75, 3.05) is 0 Å². The van der Waals surface area contributed by atoms with Crippen molar-refractivity contribution in [2.24, 2.45) is 11.7 Å². The molecule has 1 saturated heterocycles. The van der Waals surface area contributed by atoms with Crippen LogP contribution in [-0.4, -0.2) is 17.0 Å². The van der Waals surface area contributed by atoms with Gasteiger partial charge in [-0.25, -0.2) is 0 Å². The maximum absolute atomic E-state index is 12.5. The molecule has 0 radical (unpaired) electrons. The van der Waals surface area contributed by atoms with Gasteiger partial charge >= 0.3 is 0 Å². The van der Waals surface area contributed by atoms with Gasteiger partial charge in [0.2, 0.25) is 0 Å². The lowest BCUT2D eigenvalue weighted by molar-refractivity contribution is -0.130. The number of rotatable bonds is 3. The summed E-state index contributed by atoms with van der Waals surface area (Å²) in [5.74, 6) is -0.0439. The van der Waals surface area contributed by atoms with Crippen molar-refractivity contribution in [1.82, 2.24) is 0 Å². The van der Waals surface area contributed by atoms with Crippen LogP contribution in [0.5, 0.6) is 0 Å². The van der Waals surface area contributed by atoms with Gasteiger partial charge in [-0.15, -0.1) is 11.3 Å². The third-order valence-electron chi connectivity index (χ3n) is 3.57. The SMILES string of the molecule is CC1(C)CC(C(=O)C(N)c2cccs2)C(C)(C)O1. The Morgan fingerprint density at radius 3 is 2.61 bits per heavy atom. The van der Waals surface area contributed by atoms with Crippen molar-refractivity contribution >= 4 is 17.1 Å². The molecule has 2 N–H and O–H groups in total. The van der Waals surface area contributed by atoms with E-state index in [2.05, 4.69) is 0 Å². The molecule has 2 heterocycles. The van der Waals surface area contributed by atoms with Crippen LogP contribution in [0.25, 0.3) is 0 Å². The first kappa shape index (κ1) is 13.7. The molecule has 0 bridgehead atoms. The van der Waals surface area contributed by atoms with Crippen molar-refractivity contribution in [3.05, 3.63) is 22.4 Å². The second-order valence-corrected chi connectivity index (χ2v) is 7.10. The Labute approximate surface area is 112 Å². The van der Waals surface area contributed by atoms with E-state index >= 15 is 0 Å². The number of ketones is 1. The molecule has 1 aliphatic rings. The smallest absolute Gasteiger partial charge is 0.160 e. The molecular formula is C14H21NO2S. The van der Waals surface area contributed by atoms with Crippen molar-refractivity contribution in [3.8, 4) is 0 Å². The molecule has 1 aliphatic heterocycles. The van der Waals surface area contributed by atoms with Crippen LogP contribution in [0.15, 0.2) is 17.5 Å². The van der Waals surface area contributed by atoms with Crippen LogP contribution in [0, 0.1) is 5.92 Å². The van der Waals surface area contributed by atoms with E-state index in [9.17, 15) is 4.79 Å². The Kier molecular flexibility index (Phi) is 3.38. The van der Waals surface area contributed by atoms with Gasteiger partial charge in [0.25, 0.3) is 0 Å². The van der Waals surface area contributed by atoms with Crippen molar-refractivity contribution in [2.45, 2.75) is 51.4 Å². The monoisotopic (exact) mass is 267 g/mol. The Hall–Kier alpha value is -0.710. The fraction of sp³-hybridized carbons (Fsp3) is 0.643. The molecule has 0 saturated carbocycles. The first-order valence-corrected chi connectivity index (χ1v) is 7.14. The topological polar surface area (TPSA) is 52.3 Å². The summed E-state index contributed by atoms with van der Waals surface area (Å²) in [6, 6.07) is 3.32. The van der Waals surface area contributed by atoms with E-state index in [1.54, 1.807) is 0 Å². The summed E-state index contributed by atoms with van der Waals surface area (Å²) >= 11 is 1.53. The van der Waals surface area contributed by atoms with Gasteiger partial charge in [0.15, 0.2) is 5.78 Å². The first-order valence-electron chi connectivity index (χ1n) is 6.26. The van der Waals surface area contributed by atoms with Gasteiger partial charge in [-0.2, -0.15) is 0 Å². The maximum atomic E-state index is 12.5. The van der Waals surface area contributed by atoms with Gasteiger partial charge < -0.3 is 10.5 Å². The highest BCUT2D eigenvalue weighted by atomic mass is 32.1. The van der Waals surface area contributed by atoms with Crippen molar-refractivity contribution in [3.63, 3.8) is 0 Å². The molecule has 0 aromatic carbocycles. The van der Waals surface area contributed by atoms with Crippen LogP contribution in [0.4, 0.5) is 0 Å². The van der Waals surface area contributed by atoms with E-state index in [-0.39, 0.29) is 17.3 Å². The maximum Gasteiger partial charge on any atom is 0.160 e. The predicted octanol–water partition coefficient (Wildman–Crippen LogP) is 2.91. The number of thiophene rings is 1. The Morgan fingerprint density at radius 2 is 2.17 bits per heavy atom. The summed E-state index contributed by atoms with van der Waals surface area (Å²) in [4.78, 5) is 13.5. The van der Waals surface area contributed by atoms with Crippen LogP contribution in [0.1, 0.15) is 45.0 Å². The van der Waals surface area contributed by atoms with Gasteiger partial charge in [-0.05, 0) is 45.6 Å². The van der Waals surface area contributed by atoms with E-state index in [4.69, 9.17) is 10.5 Å². The predicted molar refractivity (Wildman–Crippen MR) is 73.6 cm³/mol. The zero-order chi connectivity index (χ0) is 13.6. The van der Waals surface area contributed by atoms with Crippen LogP contribution >= 0.6 is 11.3 Å². The summed E-state index contributed by atoms with van der Waals surface area (Å²) in [5.41, 5.74) is 5.39. The lowest BCUT2D eigenvalue weighted by Crippen LogP contribution is -2.38. The van der Waals surface area contributed by atoms with Gasteiger partial charge in [0.05, 0.1) is 23.2 Å². The summed E-state index contributed by atoms with van der Waals surface area (Å²) in [5, 5.41) is 1.95. The highest BCUT2D eigenvalue weighted by Crippen LogP contribution is 2.43. The molecule has 3 nitrogen and oxygen atoms in total. The van der Waals surface area contributed by atoms with Crippen LogP contribution in [0.2, 0.25) is 0 Å². The number of Topliss-reactive ketones (excluding diaryl/α,β-unsaturated/α-hetero) is 1. The fourth-order valence-electron chi connectivity index (χ4n) is 2.83. The van der Waals surface area contributed by atoms with Gasteiger partial charge in [-0.3, -0.25) is 4.79 Å². The van der Waals surface area contributed by atoms with Gasteiger partial charge in [0, 0.05) is 4.88 Å². The average molecular weight is 267 g/mol. The van der Waals surface area contributed by atoms with E-state index in [1.165, 1.54) is 11.3 Å². The van der Waals surface area contributed by atoms with E-state index < -0.39 is 11.6 Å². The first-order chi connectivity index (χ1) is 8.23. The van der Waals surface area contributed by atoms with Gasteiger partial charge in [0.1, 0.15) is 0 Å². The molecule has 100 valence electrons. The second kappa shape index (κ2) is 4.44. The molecule has 0 amide bonds. The zero-order valence-electron chi connectivity index (χ0n) is 11.4. The van der Waals surface area contributed by atoms with Crippen LogP contribution in [0.3, 0.4) is 0 Å². The Morgan fingerprint density at radius 1 is 1.50 bits per heavy atom. The molecule has 1 aromatic rings. The molecule has 18 heavy (non-hydrogen) atoms. The van der Waals surface area contributed by atoms with Crippen molar-refractivity contribution in [1.29, 1.82) is 0 Å². The minimum atomic E-state index is -0.522. The minimum Gasteiger partial charge on any atom is -0.369 e. The molecule has 2 rings (SSSR count). The molecule has 4 heteroatoms. The summed E-state index contributed by atoms with van der Waals surface area (Å²) < 4.78 is 5.96. The minimum absolute atomic E-state index is 0.0908. The van der Waals surface area contributed by atoms with E-state index in [0.717, 1.165) is 11.3 Å². The molecule has 2 atom stereocenters. The highest BCUT2D eigenvalue weighted by molar-refractivity contribution is 7.10. The van der Waals surface area contributed by atoms with E-state index in [1.807, 2.05) is 45.2 Å². The van der Waals surface area contributed by atoms with Gasteiger partial charge in [-0.1, -0.05) is 6.07 Å². The lowest BCUT2D eigenvalue weighted by Gasteiger charge is -2.27. The molecule has 0 aliphatic carbocycles. The molecule has 1 aromatic heterocycles. The lowest BCUT2D eigenvalue weighted by atomic mass is 9.81. The number of ether oxygens (including phenoxy) is 1. The van der Waals surface area contributed by atoms with Crippen LogP contribution in [-0.2, 0) is 9.53 Å². The summed E-state index contributed by atoms with van der Waals surface area (Å²) in [6.07, 6.45) is 0.734. The number of carbonyl (C=O) groups excluding carboxylic acids is 1. The van der Waals surface area contributed by atoms with E-state index in [0.29, 0.717) is 0 Å². The Balaban J connectivity index is 2.19. The third kappa shape index (κ3) is 2.51. The summed E-state index contributed by atoms with van der Waals surface area (Å²) in [6.45, 7) is 8.01. The zero-order valence-corrected chi connectivity index (χ0v) is 12.2. The van der Waals surface area contributed by atoms with Crippen LogP contribution < -0.4 is 5.73 Å². The molecular weight excluding hydrogens is 246 g/mol. The number of hydrogen-bond acceptors (Lipinski definition) is 4. The normalized spacial score (nSPS) is 27.1. The summed E-state index contributed by atoms with van der Waals surface area (Å²) in [7, 11) is 0. The quantitative estimate of drug-likeness (QED) is 0.916. The standard InChI is InChI=1S/C14H21NO2S/c1-13(2)8-9(14(3,4)17-13)12(16)11(15)10-6-5-7-18-10/h5-7,9,11H,8,15H2,1-4H3. The second-order valence-electron chi connectivity index (χ2n) is 6.12. The van der Waals surface area contributed by atoms with Crippen molar-refractivity contribution < 1.29 is 9.53 Å². The molecule has 2 unspecified atom stereocenters. The molecule has 0 spiro atoms. The number of nitrogens with two attached hydrogens (primary N) is 1. The number of hydrogen-bond donors (Lipinski definition) is 1. The highest BCUT2D eigenvalue weighted by Gasteiger charge is 2.50. The number of carbonyl (C=O) groups is 1. The fourth-order valence-corrected chi connectivity index (χ4v) is 3.56. The molecule has 1 fully saturated rings. The average Bonchev–Trinajstić information content (AvgIpc) is 2.81. The third-order valence-corrected chi connectivity index (χ3v) is 4.53.